The second-order valence-corrected chi connectivity index (χ2v) is 5.58. The fourth-order valence-corrected chi connectivity index (χ4v) is 2.95. The maximum absolute atomic E-state index is 13.7. The van der Waals surface area contributed by atoms with Gasteiger partial charge in [0.1, 0.15) is 5.82 Å². The number of carbonyl (C=O) groups excluding carboxylic acids is 1. The Labute approximate surface area is 117 Å². The van der Waals surface area contributed by atoms with Crippen molar-refractivity contribution in [2.75, 3.05) is 6.54 Å². The number of alkyl halides is 2. The van der Waals surface area contributed by atoms with Crippen LogP contribution < -0.4 is 0 Å². The van der Waals surface area contributed by atoms with Crippen molar-refractivity contribution in [2.24, 2.45) is 0 Å². The second-order valence-electron chi connectivity index (χ2n) is 4.80. The number of halogens is 2. The zero-order valence-electron chi connectivity index (χ0n) is 10.6. The van der Waals surface area contributed by atoms with E-state index in [-0.39, 0.29) is 5.82 Å². The standard InChI is InChI=1S/C12H12F2N4OS/c1-7-15-10(17-16-7)9-4-12(13,14)6-18(9)11(19)8-2-3-20-5-8/h2-3,5,9H,4,6H2,1H3,(H,15,16,17)/t9-/m0/s1. The van der Waals surface area contributed by atoms with Gasteiger partial charge in [0.25, 0.3) is 11.8 Å². The van der Waals surface area contributed by atoms with Crippen molar-refractivity contribution < 1.29 is 13.6 Å². The zero-order valence-corrected chi connectivity index (χ0v) is 11.5. The molecule has 8 heteroatoms. The molecule has 3 heterocycles. The molecule has 0 aromatic carbocycles. The van der Waals surface area contributed by atoms with E-state index in [1.165, 1.54) is 11.3 Å². The van der Waals surface area contributed by atoms with Crippen LogP contribution in [0.2, 0.25) is 0 Å². The monoisotopic (exact) mass is 298 g/mol. The maximum atomic E-state index is 13.7. The van der Waals surface area contributed by atoms with Crippen molar-refractivity contribution in [1.82, 2.24) is 20.1 Å². The van der Waals surface area contributed by atoms with Gasteiger partial charge in [-0.25, -0.2) is 13.8 Å². The van der Waals surface area contributed by atoms with Gasteiger partial charge >= 0.3 is 0 Å². The Hall–Kier alpha value is -1.83. The summed E-state index contributed by atoms with van der Waals surface area (Å²) in [4.78, 5) is 17.6. The van der Waals surface area contributed by atoms with E-state index < -0.39 is 30.8 Å². The molecule has 1 amide bonds. The quantitative estimate of drug-likeness (QED) is 0.926. The van der Waals surface area contributed by atoms with Crippen LogP contribution in [0.25, 0.3) is 0 Å². The molecule has 1 aliphatic rings. The van der Waals surface area contributed by atoms with Gasteiger partial charge in [-0.1, -0.05) is 0 Å². The van der Waals surface area contributed by atoms with E-state index in [2.05, 4.69) is 15.2 Å². The van der Waals surface area contributed by atoms with Gasteiger partial charge in [-0.3, -0.25) is 9.89 Å². The molecule has 0 aliphatic carbocycles. The average Bonchev–Trinajstić information content (AvgIpc) is 3.07. The van der Waals surface area contributed by atoms with Crippen molar-refractivity contribution in [1.29, 1.82) is 0 Å². The number of aromatic amines is 1. The minimum absolute atomic E-state index is 0.239. The molecule has 0 unspecified atom stereocenters. The summed E-state index contributed by atoms with van der Waals surface area (Å²) in [6.07, 6.45) is -0.444. The van der Waals surface area contributed by atoms with E-state index in [0.29, 0.717) is 11.4 Å². The predicted octanol–water partition coefficient (Wildman–Crippen LogP) is 2.40. The van der Waals surface area contributed by atoms with Gasteiger partial charge < -0.3 is 4.90 Å². The van der Waals surface area contributed by atoms with E-state index in [1.54, 1.807) is 23.8 Å². The molecular formula is C12H12F2N4OS. The number of H-pyrrole nitrogens is 1. The molecule has 0 spiro atoms. The third-order valence-corrected chi connectivity index (χ3v) is 3.89. The number of carbonyl (C=O) groups is 1. The molecule has 1 aliphatic heterocycles. The highest BCUT2D eigenvalue weighted by molar-refractivity contribution is 7.08. The highest BCUT2D eigenvalue weighted by Gasteiger charge is 2.49. The van der Waals surface area contributed by atoms with Crippen LogP contribution in [0.3, 0.4) is 0 Å². The lowest BCUT2D eigenvalue weighted by atomic mass is 10.1. The highest BCUT2D eigenvalue weighted by atomic mass is 32.1. The number of thiophene rings is 1. The second kappa shape index (κ2) is 4.62. The summed E-state index contributed by atoms with van der Waals surface area (Å²) in [6, 6.07) is 0.839. The average molecular weight is 298 g/mol. The number of nitrogens with one attached hydrogen (secondary N) is 1. The molecule has 0 saturated carbocycles. The number of hydrogen-bond donors (Lipinski definition) is 1. The molecule has 20 heavy (non-hydrogen) atoms. The SMILES string of the molecule is Cc1nc([C@@H]2CC(F)(F)CN2C(=O)c2ccsc2)n[nH]1. The summed E-state index contributed by atoms with van der Waals surface area (Å²) >= 11 is 1.36. The molecule has 2 aromatic heterocycles. The van der Waals surface area contributed by atoms with Gasteiger partial charge in [-0.05, 0) is 18.4 Å². The number of amides is 1. The normalized spacial score (nSPS) is 21.4. The van der Waals surface area contributed by atoms with Crippen LogP contribution in [0.15, 0.2) is 16.8 Å². The lowest BCUT2D eigenvalue weighted by Gasteiger charge is -2.21. The molecule has 0 bridgehead atoms. The number of aromatic nitrogens is 3. The molecule has 1 atom stereocenters. The van der Waals surface area contributed by atoms with E-state index in [1.807, 2.05) is 0 Å². The Bertz CT molecular complexity index is 625. The van der Waals surface area contributed by atoms with E-state index in [0.717, 1.165) is 4.90 Å². The largest absolute Gasteiger partial charge is 0.322 e. The van der Waals surface area contributed by atoms with Crippen LogP contribution in [0, 0.1) is 6.92 Å². The van der Waals surface area contributed by atoms with Gasteiger partial charge in [0.05, 0.1) is 18.2 Å². The lowest BCUT2D eigenvalue weighted by Crippen LogP contribution is -2.33. The van der Waals surface area contributed by atoms with E-state index >= 15 is 0 Å². The summed E-state index contributed by atoms with van der Waals surface area (Å²) < 4.78 is 27.4. The smallest absolute Gasteiger partial charge is 0.267 e. The van der Waals surface area contributed by atoms with Gasteiger partial charge in [-0.2, -0.15) is 16.4 Å². The van der Waals surface area contributed by atoms with Crippen molar-refractivity contribution in [3.05, 3.63) is 34.0 Å². The first-order valence-corrected chi connectivity index (χ1v) is 7.00. The number of aryl methyl sites for hydroxylation is 1. The van der Waals surface area contributed by atoms with Crippen LogP contribution in [0.4, 0.5) is 8.78 Å². The first kappa shape index (κ1) is 13.2. The van der Waals surface area contributed by atoms with Crippen LogP contribution in [-0.2, 0) is 0 Å². The highest BCUT2D eigenvalue weighted by Crippen LogP contribution is 2.40. The van der Waals surface area contributed by atoms with Gasteiger partial charge in [0.15, 0.2) is 5.82 Å². The number of nitrogens with zero attached hydrogens (tertiary/aromatic N) is 3. The molecule has 106 valence electrons. The summed E-state index contributed by atoms with van der Waals surface area (Å²) in [6.45, 7) is 1.09. The summed E-state index contributed by atoms with van der Waals surface area (Å²) in [5, 5.41) is 9.94. The Kier molecular flexibility index (Phi) is 3.04. The Morgan fingerprint density at radius 1 is 1.60 bits per heavy atom. The summed E-state index contributed by atoms with van der Waals surface area (Å²) in [7, 11) is 0. The maximum Gasteiger partial charge on any atom is 0.267 e. The van der Waals surface area contributed by atoms with E-state index in [9.17, 15) is 13.6 Å². The molecule has 1 saturated heterocycles. The first-order chi connectivity index (χ1) is 9.46. The topological polar surface area (TPSA) is 61.9 Å². The van der Waals surface area contributed by atoms with Gasteiger partial charge in [0, 0.05) is 11.8 Å². The third-order valence-electron chi connectivity index (χ3n) is 3.21. The summed E-state index contributed by atoms with van der Waals surface area (Å²) in [5.41, 5.74) is 0.421. The van der Waals surface area contributed by atoms with Gasteiger partial charge in [0.2, 0.25) is 0 Å². The minimum Gasteiger partial charge on any atom is -0.322 e. The number of likely N-dealkylation sites (tertiary alicyclic amines) is 1. The molecule has 1 N–H and O–H groups in total. The summed E-state index contributed by atoms with van der Waals surface area (Å²) in [5.74, 6) is -2.54. The molecule has 3 rings (SSSR count). The lowest BCUT2D eigenvalue weighted by molar-refractivity contribution is 0.0117. The van der Waals surface area contributed by atoms with E-state index in [4.69, 9.17) is 0 Å². The molecule has 1 fully saturated rings. The first-order valence-electron chi connectivity index (χ1n) is 6.06. The third kappa shape index (κ3) is 2.31. The number of rotatable bonds is 2. The molecular weight excluding hydrogens is 286 g/mol. The van der Waals surface area contributed by atoms with Crippen LogP contribution in [0.5, 0.6) is 0 Å². The van der Waals surface area contributed by atoms with Crippen molar-refractivity contribution in [3.63, 3.8) is 0 Å². The van der Waals surface area contributed by atoms with Crippen molar-refractivity contribution >= 4 is 17.2 Å². The molecule has 2 aromatic rings. The van der Waals surface area contributed by atoms with Crippen LogP contribution in [0.1, 0.15) is 34.5 Å². The molecule has 5 nitrogen and oxygen atoms in total. The Balaban J connectivity index is 1.93. The zero-order chi connectivity index (χ0) is 14.3. The fraction of sp³-hybridized carbons (Fsp3) is 0.417. The minimum atomic E-state index is -2.91. The van der Waals surface area contributed by atoms with Gasteiger partial charge in [-0.15, -0.1) is 0 Å². The molecule has 0 radical (unpaired) electrons. The van der Waals surface area contributed by atoms with Crippen LogP contribution in [-0.4, -0.2) is 38.5 Å². The van der Waals surface area contributed by atoms with Crippen molar-refractivity contribution in [3.8, 4) is 0 Å². The van der Waals surface area contributed by atoms with Crippen LogP contribution >= 0.6 is 11.3 Å². The Morgan fingerprint density at radius 2 is 2.40 bits per heavy atom. The fourth-order valence-electron chi connectivity index (χ4n) is 2.32. The number of hydrogen-bond acceptors (Lipinski definition) is 4. The predicted molar refractivity (Wildman–Crippen MR) is 68.8 cm³/mol. The Morgan fingerprint density at radius 3 is 3.00 bits per heavy atom. The van der Waals surface area contributed by atoms with Crippen molar-refractivity contribution in [2.45, 2.75) is 25.3 Å².